The lowest BCUT2D eigenvalue weighted by atomic mass is 10.1. The van der Waals surface area contributed by atoms with Gasteiger partial charge in [0.25, 0.3) is 5.91 Å². The van der Waals surface area contributed by atoms with Crippen LogP contribution >= 0.6 is 0 Å². The number of benzene rings is 2. The topological polar surface area (TPSA) is 20.3 Å². The predicted octanol–water partition coefficient (Wildman–Crippen LogP) is 4.41. The van der Waals surface area contributed by atoms with E-state index < -0.39 is 23.1 Å². The van der Waals surface area contributed by atoms with Crippen LogP contribution in [0.25, 0.3) is 0 Å². The summed E-state index contributed by atoms with van der Waals surface area (Å²) in [5, 5.41) is 0. The Morgan fingerprint density at radius 3 is 2.26 bits per heavy atom. The molecule has 2 aromatic carbocycles. The Labute approximate surface area is 134 Å². The molecule has 2 aromatic rings. The van der Waals surface area contributed by atoms with E-state index in [-0.39, 0.29) is 6.04 Å². The van der Waals surface area contributed by atoms with Gasteiger partial charge in [-0.25, -0.2) is 8.78 Å². The summed E-state index contributed by atoms with van der Waals surface area (Å²) in [7, 11) is 0. The number of nitrogens with zero attached hydrogens (tertiary/aromatic N) is 1. The maximum absolute atomic E-state index is 14.0. The molecule has 4 heteroatoms. The third kappa shape index (κ3) is 3.41. The van der Waals surface area contributed by atoms with E-state index in [0.29, 0.717) is 12.5 Å². The minimum atomic E-state index is -0.809. The zero-order valence-electron chi connectivity index (χ0n) is 13.0. The Morgan fingerprint density at radius 1 is 1.09 bits per heavy atom. The van der Waals surface area contributed by atoms with Crippen LogP contribution in [0.3, 0.4) is 0 Å². The van der Waals surface area contributed by atoms with Gasteiger partial charge in [0.15, 0.2) is 0 Å². The summed E-state index contributed by atoms with van der Waals surface area (Å²) in [5.74, 6) is -1.78. The first kappa shape index (κ1) is 15.7. The van der Waals surface area contributed by atoms with Gasteiger partial charge in [-0.3, -0.25) is 4.79 Å². The third-order valence-electron chi connectivity index (χ3n) is 4.43. The van der Waals surface area contributed by atoms with Crippen molar-refractivity contribution in [3.05, 3.63) is 71.3 Å². The lowest BCUT2D eigenvalue weighted by Gasteiger charge is -2.30. The Kier molecular flexibility index (Phi) is 4.42. The smallest absolute Gasteiger partial charge is 0.260 e. The molecule has 0 N–H and O–H groups in total. The Morgan fingerprint density at radius 2 is 1.70 bits per heavy atom. The van der Waals surface area contributed by atoms with Crippen LogP contribution in [-0.2, 0) is 6.54 Å². The van der Waals surface area contributed by atoms with Crippen molar-refractivity contribution in [2.45, 2.75) is 32.4 Å². The van der Waals surface area contributed by atoms with E-state index in [2.05, 4.69) is 0 Å². The first-order valence-corrected chi connectivity index (χ1v) is 7.87. The molecular formula is C19H19F2NO. The molecule has 3 rings (SSSR count). The van der Waals surface area contributed by atoms with Crippen LogP contribution < -0.4 is 0 Å². The summed E-state index contributed by atoms with van der Waals surface area (Å²) < 4.78 is 28.0. The van der Waals surface area contributed by atoms with Gasteiger partial charge in [-0.15, -0.1) is 0 Å². The SMILES string of the molecule is CC(C1CC1)N(Cc1ccccc1)C(=O)c1c(F)cccc1F. The van der Waals surface area contributed by atoms with Crippen molar-refractivity contribution in [2.24, 2.45) is 5.92 Å². The highest BCUT2D eigenvalue weighted by Gasteiger charge is 2.36. The Balaban J connectivity index is 1.92. The van der Waals surface area contributed by atoms with Gasteiger partial charge in [-0.1, -0.05) is 36.4 Å². The fourth-order valence-electron chi connectivity index (χ4n) is 2.86. The zero-order valence-corrected chi connectivity index (χ0v) is 13.0. The van der Waals surface area contributed by atoms with Crippen molar-refractivity contribution in [1.82, 2.24) is 4.90 Å². The van der Waals surface area contributed by atoms with Crippen molar-refractivity contribution >= 4 is 5.91 Å². The monoisotopic (exact) mass is 315 g/mol. The third-order valence-corrected chi connectivity index (χ3v) is 4.43. The second-order valence-electron chi connectivity index (χ2n) is 6.09. The summed E-state index contributed by atoms with van der Waals surface area (Å²) in [6, 6.07) is 13.0. The molecule has 1 unspecified atom stereocenters. The average molecular weight is 315 g/mol. The highest BCUT2D eigenvalue weighted by molar-refractivity contribution is 5.95. The van der Waals surface area contributed by atoms with Gasteiger partial charge in [0, 0.05) is 12.6 Å². The van der Waals surface area contributed by atoms with Crippen LogP contribution in [0, 0.1) is 17.6 Å². The van der Waals surface area contributed by atoms with Gasteiger partial charge in [0.05, 0.1) is 0 Å². The van der Waals surface area contributed by atoms with Crippen LogP contribution in [0.1, 0.15) is 35.7 Å². The highest BCUT2D eigenvalue weighted by atomic mass is 19.1. The van der Waals surface area contributed by atoms with Crippen LogP contribution in [-0.4, -0.2) is 16.8 Å². The van der Waals surface area contributed by atoms with Gasteiger partial charge < -0.3 is 4.90 Å². The molecular weight excluding hydrogens is 296 g/mol. The predicted molar refractivity (Wildman–Crippen MR) is 84.9 cm³/mol. The molecule has 0 bridgehead atoms. The van der Waals surface area contributed by atoms with Gasteiger partial charge >= 0.3 is 0 Å². The molecule has 120 valence electrons. The van der Waals surface area contributed by atoms with Crippen LogP contribution in [0.15, 0.2) is 48.5 Å². The fourth-order valence-corrected chi connectivity index (χ4v) is 2.86. The molecule has 0 aromatic heterocycles. The average Bonchev–Trinajstić information content (AvgIpc) is 3.37. The van der Waals surface area contributed by atoms with Crippen molar-refractivity contribution < 1.29 is 13.6 Å². The lowest BCUT2D eigenvalue weighted by Crippen LogP contribution is -2.40. The number of hydrogen-bond acceptors (Lipinski definition) is 1. The van der Waals surface area contributed by atoms with Crippen LogP contribution in [0.2, 0.25) is 0 Å². The normalized spacial score (nSPS) is 15.3. The minimum Gasteiger partial charge on any atom is -0.331 e. The van der Waals surface area contributed by atoms with Gasteiger partial charge in [0.1, 0.15) is 17.2 Å². The number of carbonyl (C=O) groups is 1. The van der Waals surface area contributed by atoms with E-state index in [4.69, 9.17) is 0 Å². The molecule has 0 radical (unpaired) electrons. The van der Waals surface area contributed by atoms with Gasteiger partial charge in [-0.2, -0.15) is 0 Å². The molecule has 0 spiro atoms. The molecule has 0 saturated heterocycles. The number of carbonyl (C=O) groups excluding carboxylic acids is 1. The zero-order chi connectivity index (χ0) is 16.4. The Hall–Kier alpha value is -2.23. The second-order valence-corrected chi connectivity index (χ2v) is 6.09. The summed E-state index contributed by atoms with van der Waals surface area (Å²) >= 11 is 0. The largest absolute Gasteiger partial charge is 0.331 e. The van der Waals surface area contributed by atoms with E-state index in [0.717, 1.165) is 30.5 Å². The number of halogens is 2. The van der Waals surface area contributed by atoms with Gasteiger partial charge in [-0.05, 0) is 43.4 Å². The first-order chi connectivity index (χ1) is 11.1. The van der Waals surface area contributed by atoms with Gasteiger partial charge in [0.2, 0.25) is 0 Å². The van der Waals surface area contributed by atoms with Crippen LogP contribution in [0.5, 0.6) is 0 Å². The van der Waals surface area contributed by atoms with Crippen molar-refractivity contribution in [3.63, 3.8) is 0 Å². The molecule has 1 amide bonds. The minimum absolute atomic E-state index is 0.0401. The van der Waals surface area contributed by atoms with E-state index in [1.54, 1.807) is 4.90 Å². The lowest BCUT2D eigenvalue weighted by molar-refractivity contribution is 0.0644. The molecule has 1 aliphatic rings. The molecule has 1 fully saturated rings. The van der Waals surface area contributed by atoms with Crippen molar-refractivity contribution in [2.75, 3.05) is 0 Å². The molecule has 1 atom stereocenters. The van der Waals surface area contributed by atoms with E-state index in [1.807, 2.05) is 37.3 Å². The summed E-state index contributed by atoms with van der Waals surface area (Å²) in [6.45, 7) is 2.31. The maximum Gasteiger partial charge on any atom is 0.260 e. The van der Waals surface area contributed by atoms with Crippen LogP contribution in [0.4, 0.5) is 8.78 Å². The fraction of sp³-hybridized carbons (Fsp3) is 0.316. The summed E-state index contributed by atoms with van der Waals surface area (Å²) in [4.78, 5) is 14.4. The Bertz CT molecular complexity index is 678. The molecule has 1 saturated carbocycles. The second kappa shape index (κ2) is 6.49. The summed E-state index contributed by atoms with van der Waals surface area (Å²) in [6.07, 6.45) is 2.11. The molecule has 1 aliphatic carbocycles. The maximum atomic E-state index is 14.0. The highest BCUT2D eigenvalue weighted by Crippen LogP contribution is 2.36. The molecule has 23 heavy (non-hydrogen) atoms. The van der Waals surface area contributed by atoms with E-state index >= 15 is 0 Å². The molecule has 2 nitrogen and oxygen atoms in total. The van der Waals surface area contributed by atoms with E-state index in [1.165, 1.54) is 6.07 Å². The van der Waals surface area contributed by atoms with Crippen molar-refractivity contribution in [3.8, 4) is 0 Å². The van der Waals surface area contributed by atoms with Crippen molar-refractivity contribution in [1.29, 1.82) is 0 Å². The first-order valence-electron chi connectivity index (χ1n) is 7.87. The standard InChI is InChI=1S/C19H19F2NO/c1-13(15-10-11-15)22(12-14-6-3-2-4-7-14)19(23)18-16(20)8-5-9-17(18)21/h2-9,13,15H,10-12H2,1H3. The molecule has 0 aliphatic heterocycles. The number of rotatable bonds is 5. The number of amides is 1. The summed E-state index contributed by atoms with van der Waals surface area (Å²) in [5.41, 5.74) is 0.487. The molecule has 0 heterocycles. The number of hydrogen-bond donors (Lipinski definition) is 0. The quantitative estimate of drug-likeness (QED) is 0.800. The van der Waals surface area contributed by atoms with E-state index in [9.17, 15) is 13.6 Å².